The number of carbonyl (C=O) groups excluding carboxylic acids is 1. The normalized spacial score (nSPS) is 11.8. The zero-order chi connectivity index (χ0) is 18.4. The number of rotatable bonds is 6. The van der Waals surface area contributed by atoms with Crippen LogP contribution in [0.25, 0.3) is 0 Å². The molecule has 0 saturated heterocycles. The average molecular weight is 386 g/mol. The highest BCUT2D eigenvalue weighted by Gasteiger charge is 2.16. The van der Waals surface area contributed by atoms with E-state index in [1.165, 1.54) is 0 Å². The summed E-state index contributed by atoms with van der Waals surface area (Å²) in [6, 6.07) is 20.3. The van der Waals surface area contributed by atoms with Gasteiger partial charge in [-0.2, -0.15) is 0 Å². The molecule has 26 heavy (non-hydrogen) atoms. The second-order valence-corrected chi connectivity index (χ2v) is 6.50. The Hall–Kier alpha value is -2.40. The van der Waals surface area contributed by atoms with Gasteiger partial charge in [-0.05, 0) is 35.9 Å². The number of anilines is 1. The molecule has 4 nitrogen and oxygen atoms in total. The van der Waals surface area contributed by atoms with E-state index < -0.39 is 0 Å². The number of pyridine rings is 1. The topological polar surface area (TPSA) is 54.0 Å². The van der Waals surface area contributed by atoms with Gasteiger partial charge < -0.3 is 5.32 Å². The summed E-state index contributed by atoms with van der Waals surface area (Å²) in [7, 11) is 0. The first-order chi connectivity index (χ1) is 12.6. The molecule has 3 rings (SSSR count). The maximum atomic E-state index is 12.3. The van der Waals surface area contributed by atoms with Crippen molar-refractivity contribution in [2.24, 2.45) is 0 Å². The first kappa shape index (κ1) is 18.4. The Bertz CT molecular complexity index is 833. The van der Waals surface area contributed by atoms with E-state index in [4.69, 9.17) is 23.2 Å². The lowest BCUT2D eigenvalue weighted by molar-refractivity contribution is -0.115. The third kappa shape index (κ3) is 4.82. The summed E-state index contributed by atoms with van der Waals surface area (Å²) >= 11 is 12.0. The van der Waals surface area contributed by atoms with E-state index in [0.29, 0.717) is 15.7 Å². The van der Waals surface area contributed by atoms with Crippen LogP contribution < -0.4 is 10.6 Å². The smallest absolute Gasteiger partial charge is 0.238 e. The Morgan fingerprint density at radius 2 is 1.77 bits per heavy atom. The monoisotopic (exact) mass is 385 g/mol. The predicted octanol–water partition coefficient (Wildman–Crippen LogP) is 4.71. The molecule has 2 aromatic carbocycles. The van der Waals surface area contributed by atoms with E-state index in [1.54, 1.807) is 24.4 Å². The molecule has 0 aliphatic heterocycles. The van der Waals surface area contributed by atoms with Crippen molar-refractivity contribution in [3.05, 3.63) is 94.2 Å². The molecule has 0 radical (unpaired) electrons. The standard InChI is InChI=1S/C20H17Cl2N3O/c21-15-9-10-16(22)18(12-15)25-19(26)13-24-20(14-6-2-1-3-7-14)17-8-4-5-11-23-17/h1-12,20,24H,13H2,(H,25,26). The summed E-state index contributed by atoms with van der Waals surface area (Å²) in [6.07, 6.45) is 1.73. The van der Waals surface area contributed by atoms with Gasteiger partial charge >= 0.3 is 0 Å². The lowest BCUT2D eigenvalue weighted by Crippen LogP contribution is -2.32. The molecule has 1 unspecified atom stereocenters. The zero-order valence-electron chi connectivity index (χ0n) is 13.8. The number of carbonyl (C=O) groups is 1. The molecule has 0 aliphatic rings. The number of hydrogen-bond donors (Lipinski definition) is 2. The molecule has 0 fully saturated rings. The van der Waals surface area contributed by atoms with Gasteiger partial charge in [0.1, 0.15) is 0 Å². The van der Waals surface area contributed by atoms with Gasteiger partial charge in [0, 0.05) is 11.2 Å². The van der Waals surface area contributed by atoms with Crippen LogP contribution in [-0.2, 0) is 4.79 Å². The molecule has 0 aliphatic carbocycles. The summed E-state index contributed by atoms with van der Waals surface area (Å²) in [5.74, 6) is -0.217. The fraction of sp³-hybridized carbons (Fsp3) is 0.100. The fourth-order valence-electron chi connectivity index (χ4n) is 2.57. The lowest BCUT2D eigenvalue weighted by atomic mass is 10.0. The van der Waals surface area contributed by atoms with E-state index in [1.807, 2.05) is 48.5 Å². The molecule has 3 aromatic rings. The van der Waals surface area contributed by atoms with E-state index in [0.717, 1.165) is 11.3 Å². The maximum absolute atomic E-state index is 12.3. The Balaban J connectivity index is 1.72. The van der Waals surface area contributed by atoms with E-state index in [2.05, 4.69) is 15.6 Å². The van der Waals surface area contributed by atoms with Crippen LogP contribution in [0.5, 0.6) is 0 Å². The van der Waals surface area contributed by atoms with Crippen molar-refractivity contribution in [1.29, 1.82) is 0 Å². The van der Waals surface area contributed by atoms with Gasteiger partial charge in [0.2, 0.25) is 5.91 Å². The fourth-order valence-corrected chi connectivity index (χ4v) is 2.90. The van der Waals surface area contributed by atoms with E-state index in [-0.39, 0.29) is 18.5 Å². The number of halogens is 2. The summed E-state index contributed by atoms with van der Waals surface area (Å²) in [5, 5.41) is 6.97. The van der Waals surface area contributed by atoms with Gasteiger partial charge in [0.25, 0.3) is 0 Å². The van der Waals surface area contributed by atoms with Crippen molar-refractivity contribution >= 4 is 34.8 Å². The van der Waals surface area contributed by atoms with Crippen LogP contribution >= 0.6 is 23.2 Å². The third-order valence-corrected chi connectivity index (χ3v) is 4.35. The van der Waals surface area contributed by atoms with Crippen molar-refractivity contribution in [2.75, 3.05) is 11.9 Å². The number of aromatic nitrogens is 1. The van der Waals surface area contributed by atoms with Crippen molar-refractivity contribution in [3.8, 4) is 0 Å². The van der Waals surface area contributed by atoms with Gasteiger partial charge in [-0.3, -0.25) is 15.1 Å². The van der Waals surface area contributed by atoms with Gasteiger partial charge in [0.05, 0.1) is 29.0 Å². The molecule has 0 saturated carbocycles. The van der Waals surface area contributed by atoms with Crippen molar-refractivity contribution in [3.63, 3.8) is 0 Å². The van der Waals surface area contributed by atoms with Crippen LogP contribution in [-0.4, -0.2) is 17.4 Å². The van der Waals surface area contributed by atoms with E-state index >= 15 is 0 Å². The van der Waals surface area contributed by atoms with Crippen LogP contribution in [0.2, 0.25) is 10.0 Å². The number of hydrogen-bond acceptors (Lipinski definition) is 3. The molecule has 1 aromatic heterocycles. The third-order valence-electron chi connectivity index (χ3n) is 3.79. The van der Waals surface area contributed by atoms with Gasteiger partial charge in [-0.1, -0.05) is 59.6 Å². The molecule has 1 heterocycles. The predicted molar refractivity (Wildman–Crippen MR) is 106 cm³/mol. The molecule has 1 atom stereocenters. The zero-order valence-corrected chi connectivity index (χ0v) is 15.3. The summed E-state index contributed by atoms with van der Waals surface area (Å²) in [6.45, 7) is 0.0962. The Morgan fingerprint density at radius 1 is 1.00 bits per heavy atom. The highest BCUT2D eigenvalue weighted by molar-refractivity contribution is 6.35. The molecular weight excluding hydrogens is 369 g/mol. The highest BCUT2D eigenvalue weighted by Crippen LogP contribution is 2.25. The molecular formula is C20H17Cl2N3O. The van der Waals surface area contributed by atoms with Crippen molar-refractivity contribution in [2.45, 2.75) is 6.04 Å². The first-order valence-electron chi connectivity index (χ1n) is 8.07. The van der Waals surface area contributed by atoms with Gasteiger partial charge in [0.15, 0.2) is 0 Å². The molecule has 1 amide bonds. The minimum absolute atomic E-state index is 0.0962. The summed E-state index contributed by atoms with van der Waals surface area (Å²) in [4.78, 5) is 16.8. The second kappa shape index (κ2) is 8.81. The van der Waals surface area contributed by atoms with Crippen LogP contribution in [0.1, 0.15) is 17.3 Å². The Labute approximate surface area is 162 Å². The highest BCUT2D eigenvalue weighted by atomic mass is 35.5. The number of nitrogens with one attached hydrogen (secondary N) is 2. The maximum Gasteiger partial charge on any atom is 0.238 e. The first-order valence-corrected chi connectivity index (χ1v) is 8.83. The SMILES string of the molecule is O=C(CNC(c1ccccc1)c1ccccn1)Nc1cc(Cl)ccc1Cl. The largest absolute Gasteiger partial charge is 0.324 e. The van der Waals surface area contributed by atoms with Gasteiger partial charge in [-0.25, -0.2) is 0 Å². The van der Waals surface area contributed by atoms with Crippen molar-refractivity contribution in [1.82, 2.24) is 10.3 Å². The second-order valence-electron chi connectivity index (χ2n) is 5.65. The Kier molecular flexibility index (Phi) is 6.23. The molecule has 6 heteroatoms. The van der Waals surface area contributed by atoms with Crippen LogP contribution in [0.4, 0.5) is 5.69 Å². The van der Waals surface area contributed by atoms with E-state index in [9.17, 15) is 4.79 Å². The molecule has 2 N–H and O–H groups in total. The molecule has 0 spiro atoms. The number of benzene rings is 2. The quantitative estimate of drug-likeness (QED) is 0.645. The number of nitrogens with zero attached hydrogens (tertiary/aromatic N) is 1. The molecule has 132 valence electrons. The minimum Gasteiger partial charge on any atom is -0.324 e. The summed E-state index contributed by atoms with van der Waals surface area (Å²) in [5.41, 5.74) is 2.35. The summed E-state index contributed by atoms with van der Waals surface area (Å²) < 4.78 is 0. The average Bonchev–Trinajstić information content (AvgIpc) is 2.67. The number of amides is 1. The van der Waals surface area contributed by atoms with Crippen LogP contribution in [0.15, 0.2) is 72.9 Å². The van der Waals surface area contributed by atoms with Crippen LogP contribution in [0.3, 0.4) is 0 Å². The molecule has 0 bridgehead atoms. The lowest BCUT2D eigenvalue weighted by Gasteiger charge is -2.19. The van der Waals surface area contributed by atoms with Crippen LogP contribution in [0, 0.1) is 0 Å². The van der Waals surface area contributed by atoms with Crippen molar-refractivity contribution < 1.29 is 4.79 Å². The Morgan fingerprint density at radius 3 is 2.50 bits per heavy atom. The van der Waals surface area contributed by atoms with Gasteiger partial charge in [-0.15, -0.1) is 0 Å². The minimum atomic E-state index is -0.217.